The van der Waals surface area contributed by atoms with E-state index in [0.29, 0.717) is 0 Å². The van der Waals surface area contributed by atoms with E-state index in [1.807, 2.05) is 0 Å². The number of hydrogen-bond donors (Lipinski definition) is 0. The third-order valence-electron chi connectivity index (χ3n) is 5.48. The van der Waals surface area contributed by atoms with Crippen LogP contribution in [-0.4, -0.2) is 0 Å². The molecule has 0 N–H and O–H groups in total. The molecule has 0 amide bonds. The predicted octanol–water partition coefficient (Wildman–Crippen LogP) is 7.57. The molecule has 0 saturated heterocycles. The smallest absolute Gasteiger partial charge is 0.0622 e. The monoisotopic (exact) mass is 474 g/mol. The van der Waals surface area contributed by atoms with Crippen molar-refractivity contribution in [2.45, 2.75) is 5.41 Å². The molecule has 4 aromatic rings. The molecule has 0 saturated carbocycles. The molecule has 0 radical (unpaired) electrons. The van der Waals surface area contributed by atoms with Crippen molar-refractivity contribution in [3.63, 3.8) is 0 Å². The van der Waals surface area contributed by atoms with Crippen molar-refractivity contribution in [3.05, 3.63) is 128 Å². The Morgan fingerprint density at radius 3 is 1.30 bits per heavy atom. The highest BCUT2D eigenvalue weighted by molar-refractivity contribution is 9.10. The van der Waals surface area contributed by atoms with E-state index in [0.717, 1.165) is 8.95 Å². The minimum absolute atomic E-state index is 0.311. The molecular formula is C25H16Br2. The van der Waals surface area contributed by atoms with Gasteiger partial charge in [-0.15, -0.1) is 0 Å². The van der Waals surface area contributed by atoms with Gasteiger partial charge in [0.1, 0.15) is 0 Å². The summed E-state index contributed by atoms with van der Waals surface area (Å²) >= 11 is 7.35. The van der Waals surface area contributed by atoms with Crippen LogP contribution in [0.1, 0.15) is 22.3 Å². The summed E-state index contributed by atoms with van der Waals surface area (Å²) in [5, 5.41) is 0. The van der Waals surface area contributed by atoms with Crippen LogP contribution < -0.4 is 0 Å². The van der Waals surface area contributed by atoms with Gasteiger partial charge in [0.2, 0.25) is 0 Å². The Morgan fingerprint density at radius 1 is 0.481 bits per heavy atom. The summed E-state index contributed by atoms with van der Waals surface area (Å²) in [5.41, 5.74) is 7.50. The summed E-state index contributed by atoms with van der Waals surface area (Å²) in [6, 6.07) is 35.0. The highest BCUT2D eigenvalue weighted by Gasteiger charge is 2.45. The molecule has 0 spiro atoms. The Balaban J connectivity index is 1.98. The Labute approximate surface area is 176 Å². The van der Waals surface area contributed by atoms with Gasteiger partial charge in [0, 0.05) is 8.95 Å². The molecule has 0 atom stereocenters. The molecule has 0 aliphatic heterocycles. The van der Waals surface area contributed by atoms with E-state index >= 15 is 0 Å². The first-order valence-electron chi connectivity index (χ1n) is 8.93. The van der Waals surface area contributed by atoms with E-state index in [1.165, 1.54) is 33.4 Å². The average Bonchev–Trinajstić information content (AvgIpc) is 2.99. The van der Waals surface area contributed by atoms with Gasteiger partial charge in [0.15, 0.2) is 0 Å². The molecule has 0 nitrogen and oxygen atoms in total. The SMILES string of the molecule is Brc1ccc2c(c1)-c1cc(Br)ccc1C2(c1ccccc1)c1ccccc1. The van der Waals surface area contributed by atoms with Gasteiger partial charge in [-0.1, -0.05) is 105 Å². The second-order valence-corrected chi connectivity index (χ2v) is 8.69. The number of hydrogen-bond acceptors (Lipinski definition) is 0. The van der Waals surface area contributed by atoms with Gasteiger partial charge in [-0.2, -0.15) is 0 Å². The van der Waals surface area contributed by atoms with Gasteiger partial charge in [0.05, 0.1) is 5.41 Å². The van der Waals surface area contributed by atoms with Crippen LogP contribution in [0, 0.1) is 0 Å². The third-order valence-corrected chi connectivity index (χ3v) is 6.46. The van der Waals surface area contributed by atoms with Crippen LogP contribution in [0.4, 0.5) is 0 Å². The minimum Gasteiger partial charge on any atom is -0.0622 e. The Kier molecular flexibility index (Phi) is 4.07. The minimum atomic E-state index is -0.311. The summed E-state index contributed by atoms with van der Waals surface area (Å²) in [4.78, 5) is 0. The van der Waals surface area contributed by atoms with Crippen LogP contribution in [0.2, 0.25) is 0 Å². The summed E-state index contributed by atoms with van der Waals surface area (Å²) in [6.45, 7) is 0. The molecule has 130 valence electrons. The highest BCUT2D eigenvalue weighted by atomic mass is 79.9. The Morgan fingerprint density at radius 2 is 0.889 bits per heavy atom. The number of rotatable bonds is 2. The van der Waals surface area contributed by atoms with Crippen molar-refractivity contribution in [2.75, 3.05) is 0 Å². The normalized spacial score (nSPS) is 13.9. The lowest BCUT2D eigenvalue weighted by Crippen LogP contribution is -2.28. The summed E-state index contributed by atoms with van der Waals surface area (Å²) in [5.74, 6) is 0. The van der Waals surface area contributed by atoms with E-state index in [-0.39, 0.29) is 5.41 Å². The Bertz CT molecular complexity index is 1040. The first-order chi connectivity index (χ1) is 13.2. The molecule has 0 heterocycles. The summed E-state index contributed by atoms with van der Waals surface area (Å²) in [6.07, 6.45) is 0. The maximum atomic E-state index is 3.67. The molecule has 0 aromatic heterocycles. The van der Waals surface area contributed by atoms with Gasteiger partial charge in [-0.25, -0.2) is 0 Å². The molecule has 5 rings (SSSR count). The van der Waals surface area contributed by atoms with E-state index in [1.54, 1.807) is 0 Å². The lowest BCUT2D eigenvalue weighted by atomic mass is 9.68. The molecule has 27 heavy (non-hydrogen) atoms. The van der Waals surface area contributed by atoms with Gasteiger partial charge < -0.3 is 0 Å². The fourth-order valence-corrected chi connectivity index (χ4v) is 5.16. The molecule has 2 heteroatoms. The fourth-order valence-electron chi connectivity index (χ4n) is 4.44. The third kappa shape index (κ3) is 2.47. The van der Waals surface area contributed by atoms with Gasteiger partial charge in [-0.3, -0.25) is 0 Å². The summed E-state index contributed by atoms with van der Waals surface area (Å²) < 4.78 is 2.20. The average molecular weight is 476 g/mol. The largest absolute Gasteiger partial charge is 0.0713 e. The van der Waals surface area contributed by atoms with Crippen LogP contribution in [0.5, 0.6) is 0 Å². The zero-order valence-corrected chi connectivity index (χ0v) is 17.7. The van der Waals surface area contributed by atoms with E-state index < -0.39 is 0 Å². The van der Waals surface area contributed by atoms with Crippen LogP contribution in [-0.2, 0) is 5.41 Å². The highest BCUT2D eigenvalue weighted by Crippen LogP contribution is 2.56. The Hall–Kier alpha value is -2.16. The fraction of sp³-hybridized carbons (Fsp3) is 0.0400. The lowest BCUT2D eigenvalue weighted by molar-refractivity contribution is 0.768. The molecule has 0 bridgehead atoms. The van der Waals surface area contributed by atoms with Crippen LogP contribution >= 0.6 is 31.9 Å². The van der Waals surface area contributed by atoms with Crippen molar-refractivity contribution >= 4 is 31.9 Å². The second kappa shape index (κ2) is 6.47. The van der Waals surface area contributed by atoms with Gasteiger partial charge >= 0.3 is 0 Å². The second-order valence-electron chi connectivity index (χ2n) is 6.86. The molecule has 0 fully saturated rings. The van der Waals surface area contributed by atoms with Crippen molar-refractivity contribution in [1.82, 2.24) is 0 Å². The molecular weight excluding hydrogens is 460 g/mol. The molecule has 4 aromatic carbocycles. The maximum Gasteiger partial charge on any atom is 0.0713 e. The zero-order chi connectivity index (χ0) is 18.4. The first kappa shape index (κ1) is 17.0. The van der Waals surface area contributed by atoms with Crippen molar-refractivity contribution in [3.8, 4) is 11.1 Å². The quantitative estimate of drug-likeness (QED) is 0.247. The van der Waals surface area contributed by atoms with Crippen LogP contribution in [0.15, 0.2) is 106 Å². The van der Waals surface area contributed by atoms with Crippen LogP contribution in [0.25, 0.3) is 11.1 Å². The zero-order valence-electron chi connectivity index (χ0n) is 14.5. The van der Waals surface area contributed by atoms with Gasteiger partial charge in [-0.05, 0) is 57.6 Å². The van der Waals surface area contributed by atoms with Gasteiger partial charge in [0.25, 0.3) is 0 Å². The predicted molar refractivity (Wildman–Crippen MR) is 119 cm³/mol. The number of fused-ring (bicyclic) bond motifs is 3. The standard InChI is InChI=1S/C25H16Br2/c26-19-11-13-23-21(15-19)22-16-20(27)12-14-24(22)25(23,17-7-3-1-4-8-17)18-9-5-2-6-10-18/h1-16H. The molecule has 1 aliphatic rings. The lowest BCUT2D eigenvalue weighted by Gasteiger charge is -2.33. The first-order valence-corrected chi connectivity index (χ1v) is 10.5. The molecule has 0 unspecified atom stereocenters. The van der Waals surface area contributed by atoms with Crippen LogP contribution in [0.3, 0.4) is 0 Å². The number of benzene rings is 4. The van der Waals surface area contributed by atoms with E-state index in [2.05, 4.69) is 129 Å². The van der Waals surface area contributed by atoms with Crippen molar-refractivity contribution in [1.29, 1.82) is 0 Å². The molecule has 1 aliphatic carbocycles. The maximum absolute atomic E-state index is 3.67. The topological polar surface area (TPSA) is 0 Å². The summed E-state index contributed by atoms with van der Waals surface area (Å²) in [7, 11) is 0. The van der Waals surface area contributed by atoms with E-state index in [4.69, 9.17) is 0 Å². The van der Waals surface area contributed by atoms with E-state index in [9.17, 15) is 0 Å². The van der Waals surface area contributed by atoms with Crippen molar-refractivity contribution in [2.24, 2.45) is 0 Å². The number of halogens is 2. The van der Waals surface area contributed by atoms with Crippen molar-refractivity contribution < 1.29 is 0 Å².